The molecule has 0 saturated carbocycles. The molecule has 8 heteroatoms. The third kappa shape index (κ3) is 3.33. The number of esters is 1. The van der Waals surface area contributed by atoms with Gasteiger partial charge in [-0.2, -0.15) is 4.98 Å². The summed E-state index contributed by atoms with van der Waals surface area (Å²) in [7, 11) is 3.70. The average molecular weight is 391 g/mol. The third-order valence-electron chi connectivity index (χ3n) is 4.60. The van der Waals surface area contributed by atoms with Gasteiger partial charge >= 0.3 is 5.97 Å². The van der Waals surface area contributed by atoms with Gasteiger partial charge in [-0.15, -0.1) is 0 Å². The van der Waals surface area contributed by atoms with E-state index in [4.69, 9.17) is 9.15 Å². The second kappa shape index (κ2) is 7.38. The monoisotopic (exact) mass is 391 g/mol. The number of fused-ring (bicyclic) bond motifs is 3. The van der Waals surface area contributed by atoms with Crippen LogP contribution in [0, 0.1) is 0 Å². The summed E-state index contributed by atoms with van der Waals surface area (Å²) in [5.74, 6) is 0.698. The lowest BCUT2D eigenvalue weighted by atomic mass is 10.0. The molecule has 0 unspecified atom stereocenters. The molecule has 3 aromatic heterocycles. The molecule has 0 aliphatic heterocycles. The van der Waals surface area contributed by atoms with Crippen LogP contribution in [0.1, 0.15) is 12.5 Å². The summed E-state index contributed by atoms with van der Waals surface area (Å²) < 4.78 is 12.9. The summed E-state index contributed by atoms with van der Waals surface area (Å²) in [6, 6.07) is 7.65. The largest absolute Gasteiger partial charge is 0.463 e. The fraction of sp³-hybridized carbons (Fsp3) is 0.238. The molecule has 0 aliphatic carbocycles. The van der Waals surface area contributed by atoms with E-state index in [2.05, 4.69) is 26.8 Å². The smallest absolute Gasteiger partial charge is 0.333 e. The van der Waals surface area contributed by atoms with E-state index in [1.54, 1.807) is 20.3 Å². The van der Waals surface area contributed by atoms with Crippen LogP contribution in [0.5, 0.6) is 0 Å². The van der Waals surface area contributed by atoms with Crippen LogP contribution in [-0.2, 0) is 23.0 Å². The van der Waals surface area contributed by atoms with Crippen LogP contribution in [0.15, 0.2) is 47.2 Å². The zero-order valence-electron chi connectivity index (χ0n) is 16.5. The van der Waals surface area contributed by atoms with Gasteiger partial charge in [0.25, 0.3) is 5.71 Å². The second-order valence-corrected chi connectivity index (χ2v) is 6.64. The Labute approximate surface area is 167 Å². The van der Waals surface area contributed by atoms with Crippen LogP contribution in [0.2, 0.25) is 0 Å². The zero-order valence-corrected chi connectivity index (χ0v) is 16.5. The van der Waals surface area contributed by atoms with Crippen molar-refractivity contribution < 1.29 is 13.9 Å². The molecular weight excluding hydrogens is 370 g/mol. The number of nitrogens with one attached hydrogen (secondary N) is 1. The van der Waals surface area contributed by atoms with Gasteiger partial charge in [-0.25, -0.2) is 14.8 Å². The SMILES string of the molecule is C=C(Cc1cccc(-c2nc3c(nc(NC)c4ncn(C)c43)o2)c1)C(=O)OCC. The maximum absolute atomic E-state index is 11.8. The zero-order chi connectivity index (χ0) is 20.5. The van der Waals surface area contributed by atoms with E-state index in [0.717, 1.165) is 22.2 Å². The molecule has 148 valence electrons. The number of oxazole rings is 1. The number of nitrogens with zero attached hydrogens (tertiary/aromatic N) is 4. The lowest BCUT2D eigenvalue weighted by molar-refractivity contribution is -0.138. The number of carbonyl (C=O) groups is 1. The Morgan fingerprint density at radius 3 is 2.90 bits per heavy atom. The summed E-state index contributed by atoms with van der Waals surface area (Å²) in [4.78, 5) is 25.4. The van der Waals surface area contributed by atoms with Gasteiger partial charge in [0.15, 0.2) is 11.3 Å². The minimum Gasteiger partial charge on any atom is -0.463 e. The highest BCUT2D eigenvalue weighted by molar-refractivity contribution is 6.03. The van der Waals surface area contributed by atoms with Gasteiger partial charge in [-0.05, 0) is 24.6 Å². The highest BCUT2D eigenvalue weighted by atomic mass is 16.5. The highest BCUT2D eigenvalue weighted by Crippen LogP contribution is 2.31. The quantitative estimate of drug-likeness (QED) is 0.397. The molecule has 0 aliphatic rings. The van der Waals surface area contributed by atoms with Crippen molar-refractivity contribution in [3.63, 3.8) is 0 Å². The number of ether oxygens (including phenoxy) is 1. The molecule has 0 bridgehead atoms. The van der Waals surface area contributed by atoms with Crippen molar-refractivity contribution in [3.8, 4) is 11.5 Å². The van der Waals surface area contributed by atoms with Gasteiger partial charge in [0.05, 0.1) is 12.9 Å². The Hall–Kier alpha value is -3.68. The lowest BCUT2D eigenvalue weighted by Gasteiger charge is -2.06. The van der Waals surface area contributed by atoms with Crippen LogP contribution in [0.4, 0.5) is 5.82 Å². The molecule has 1 aromatic carbocycles. The number of hydrogen-bond acceptors (Lipinski definition) is 7. The van der Waals surface area contributed by atoms with Crippen LogP contribution in [0.25, 0.3) is 33.7 Å². The van der Waals surface area contributed by atoms with Gasteiger partial charge in [0, 0.05) is 31.7 Å². The van der Waals surface area contributed by atoms with E-state index in [9.17, 15) is 4.79 Å². The number of anilines is 1. The number of aromatic nitrogens is 4. The van der Waals surface area contributed by atoms with Crippen molar-refractivity contribution in [2.75, 3.05) is 19.0 Å². The molecule has 0 radical (unpaired) electrons. The van der Waals surface area contributed by atoms with E-state index in [-0.39, 0.29) is 5.97 Å². The Kier molecular flexibility index (Phi) is 4.75. The van der Waals surface area contributed by atoms with Crippen molar-refractivity contribution in [2.24, 2.45) is 7.05 Å². The van der Waals surface area contributed by atoms with Gasteiger partial charge in [0.2, 0.25) is 5.89 Å². The van der Waals surface area contributed by atoms with E-state index in [1.807, 2.05) is 35.9 Å². The van der Waals surface area contributed by atoms with Crippen LogP contribution >= 0.6 is 0 Å². The fourth-order valence-corrected chi connectivity index (χ4v) is 3.24. The summed E-state index contributed by atoms with van der Waals surface area (Å²) >= 11 is 0. The molecule has 0 saturated heterocycles. The van der Waals surface area contributed by atoms with E-state index in [0.29, 0.717) is 41.5 Å². The Morgan fingerprint density at radius 2 is 2.14 bits per heavy atom. The minimum absolute atomic E-state index is 0.324. The van der Waals surface area contributed by atoms with E-state index in [1.165, 1.54) is 0 Å². The van der Waals surface area contributed by atoms with Crippen molar-refractivity contribution in [3.05, 3.63) is 48.3 Å². The molecule has 0 spiro atoms. The van der Waals surface area contributed by atoms with Gasteiger partial charge in [-0.1, -0.05) is 18.7 Å². The summed E-state index contributed by atoms with van der Waals surface area (Å²) in [5, 5.41) is 3.05. The lowest BCUT2D eigenvalue weighted by Crippen LogP contribution is -2.08. The topological polar surface area (TPSA) is 95.1 Å². The highest BCUT2D eigenvalue weighted by Gasteiger charge is 2.19. The molecule has 0 amide bonds. The van der Waals surface area contributed by atoms with Crippen LogP contribution < -0.4 is 5.32 Å². The van der Waals surface area contributed by atoms with E-state index >= 15 is 0 Å². The molecule has 1 N–H and O–H groups in total. The average Bonchev–Trinajstić information content (AvgIpc) is 3.31. The number of benzene rings is 1. The normalized spacial score (nSPS) is 11.1. The number of carbonyl (C=O) groups excluding carboxylic acids is 1. The minimum atomic E-state index is -0.387. The Balaban J connectivity index is 1.74. The van der Waals surface area contributed by atoms with E-state index < -0.39 is 0 Å². The molecule has 3 heterocycles. The molecule has 29 heavy (non-hydrogen) atoms. The number of pyridine rings is 1. The molecular formula is C21H21N5O3. The maximum atomic E-state index is 11.8. The molecule has 8 nitrogen and oxygen atoms in total. The first-order valence-corrected chi connectivity index (χ1v) is 9.25. The third-order valence-corrected chi connectivity index (χ3v) is 4.60. The molecule has 0 atom stereocenters. The maximum Gasteiger partial charge on any atom is 0.333 e. The fourth-order valence-electron chi connectivity index (χ4n) is 3.24. The number of hydrogen-bond donors (Lipinski definition) is 1. The first-order chi connectivity index (χ1) is 14.0. The van der Waals surface area contributed by atoms with Crippen LogP contribution in [-0.4, -0.2) is 39.1 Å². The summed E-state index contributed by atoms with van der Waals surface area (Å²) in [6.45, 7) is 5.92. The van der Waals surface area contributed by atoms with Crippen molar-refractivity contribution >= 4 is 34.1 Å². The second-order valence-electron chi connectivity index (χ2n) is 6.64. The molecule has 4 aromatic rings. The van der Waals surface area contributed by atoms with Gasteiger partial charge < -0.3 is 19.0 Å². The molecule has 0 fully saturated rings. The molecule has 4 rings (SSSR count). The van der Waals surface area contributed by atoms with Gasteiger partial charge in [-0.3, -0.25) is 0 Å². The predicted octanol–water partition coefficient (Wildman–Crippen LogP) is 3.48. The standard InChI is InChI=1S/C21H21N5O3/c1-5-28-21(27)12(2)9-13-7-6-8-14(10-13)19-24-16-17-15(23-11-26(17)4)18(22-3)25-20(16)29-19/h6-8,10-11H,2,5,9H2,1,3-4H3,(H,22,25). The van der Waals surface area contributed by atoms with Crippen molar-refractivity contribution in [1.29, 1.82) is 0 Å². The number of imidazole rings is 1. The number of rotatable bonds is 6. The Morgan fingerprint density at radius 1 is 1.31 bits per heavy atom. The Bertz CT molecular complexity index is 1240. The summed E-state index contributed by atoms with van der Waals surface area (Å²) in [5.41, 5.74) is 4.77. The van der Waals surface area contributed by atoms with Crippen molar-refractivity contribution in [1.82, 2.24) is 19.5 Å². The first kappa shape index (κ1) is 18.7. The number of aryl methyl sites for hydroxylation is 1. The van der Waals surface area contributed by atoms with Crippen molar-refractivity contribution in [2.45, 2.75) is 13.3 Å². The summed E-state index contributed by atoms with van der Waals surface area (Å²) in [6.07, 6.45) is 2.11. The first-order valence-electron chi connectivity index (χ1n) is 9.25. The van der Waals surface area contributed by atoms with Gasteiger partial charge in [0.1, 0.15) is 11.0 Å². The predicted molar refractivity (Wildman–Crippen MR) is 111 cm³/mol. The van der Waals surface area contributed by atoms with Crippen LogP contribution in [0.3, 0.4) is 0 Å².